The third-order valence-electron chi connectivity index (χ3n) is 5.53. The first-order valence-electron chi connectivity index (χ1n) is 9.76. The summed E-state index contributed by atoms with van der Waals surface area (Å²) in [5, 5.41) is 9.19. The summed E-state index contributed by atoms with van der Waals surface area (Å²) in [4.78, 5) is 23.1. The molecule has 3 heterocycles. The highest BCUT2D eigenvalue weighted by Crippen LogP contribution is 2.46. The van der Waals surface area contributed by atoms with Crippen molar-refractivity contribution in [2.45, 2.75) is 30.6 Å². The van der Waals surface area contributed by atoms with Gasteiger partial charge in [-0.05, 0) is 36.6 Å². The first-order valence-corrected chi connectivity index (χ1v) is 9.76. The molecule has 1 aromatic heterocycles. The van der Waals surface area contributed by atoms with E-state index in [9.17, 15) is 10.1 Å². The normalized spacial score (nSPS) is 25.3. The fraction of sp³-hybridized carbons (Fsp3) is 0.364. The first-order chi connectivity index (χ1) is 14.5. The van der Waals surface area contributed by atoms with E-state index < -0.39 is 11.6 Å². The molecule has 1 fully saturated rings. The van der Waals surface area contributed by atoms with Gasteiger partial charge in [0, 0.05) is 44.2 Å². The molecule has 2 aliphatic heterocycles. The minimum atomic E-state index is -1.33. The molecule has 2 aromatic rings. The predicted octanol–water partition coefficient (Wildman–Crippen LogP) is 1.83. The molecule has 3 atom stereocenters. The van der Waals surface area contributed by atoms with Crippen molar-refractivity contribution in [2.75, 3.05) is 20.7 Å². The van der Waals surface area contributed by atoms with Gasteiger partial charge in [0.05, 0.1) is 5.56 Å². The highest BCUT2D eigenvalue weighted by atomic mass is 16.5. The van der Waals surface area contributed by atoms with Crippen LogP contribution in [-0.2, 0) is 15.1 Å². The Hall–Kier alpha value is -3.44. The van der Waals surface area contributed by atoms with Crippen LogP contribution in [0, 0.1) is 11.3 Å². The van der Waals surface area contributed by atoms with Gasteiger partial charge in [-0.15, -0.1) is 0 Å². The van der Waals surface area contributed by atoms with E-state index in [1.54, 1.807) is 31.3 Å². The van der Waals surface area contributed by atoms with Crippen LogP contribution in [0.4, 0.5) is 0 Å². The van der Waals surface area contributed by atoms with E-state index in [2.05, 4.69) is 16.0 Å². The predicted molar refractivity (Wildman–Crippen MR) is 111 cm³/mol. The number of aromatic nitrogens is 1. The highest BCUT2D eigenvalue weighted by Gasteiger charge is 2.53. The fourth-order valence-electron chi connectivity index (χ4n) is 3.96. The summed E-state index contributed by atoms with van der Waals surface area (Å²) in [7, 11) is 3.54. The van der Waals surface area contributed by atoms with Crippen LogP contribution in [0.3, 0.4) is 0 Å². The van der Waals surface area contributed by atoms with Crippen LogP contribution < -0.4 is 10.5 Å². The van der Waals surface area contributed by atoms with Crippen molar-refractivity contribution >= 4 is 12.2 Å². The Balaban J connectivity index is 1.92. The molecule has 0 radical (unpaired) electrons. The molecular formula is C22H23N5O3. The molecule has 4 rings (SSSR count). The van der Waals surface area contributed by atoms with Crippen LogP contribution in [-0.4, -0.2) is 55.0 Å². The first kappa shape index (κ1) is 19.9. The van der Waals surface area contributed by atoms with Crippen molar-refractivity contribution in [1.82, 2.24) is 9.88 Å². The van der Waals surface area contributed by atoms with Gasteiger partial charge in [0.25, 0.3) is 0 Å². The van der Waals surface area contributed by atoms with E-state index in [0.717, 1.165) is 30.3 Å². The maximum Gasteiger partial charge on any atom is 0.192 e. The zero-order chi connectivity index (χ0) is 21.3. The van der Waals surface area contributed by atoms with Crippen LogP contribution in [0.5, 0.6) is 5.75 Å². The summed E-state index contributed by atoms with van der Waals surface area (Å²) in [6.45, 7) is 0.528. The number of nitrogens with two attached hydrogens (primary N) is 1. The van der Waals surface area contributed by atoms with Crippen LogP contribution in [0.1, 0.15) is 24.0 Å². The maximum absolute atomic E-state index is 12.6. The van der Waals surface area contributed by atoms with Crippen LogP contribution in [0.25, 0.3) is 11.1 Å². The Morgan fingerprint density at radius 1 is 1.37 bits per heavy atom. The van der Waals surface area contributed by atoms with E-state index in [-0.39, 0.29) is 12.1 Å². The quantitative estimate of drug-likeness (QED) is 0.471. The number of guanidine groups is 1. The zero-order valence-electron chi connectivity index (χ0n) is 16.9. The minimum Gasteiger partial charge on any atom is -0.487 e. The molecule has 30 heavy (non-hydrogen) atoms. The molecule has 2 aliphatic rings. The van der Waals surface area contributed by atoms with Gasteiger partial charge < -0.3 is 24.9 Å². The Kier molecular flexibility index (Phi) is 5.14. The smallest absolute Gasteiger partial charge is 0.192 e. The average Bonchev–Trinajstić information content (AvgIpc) is 2.78. The molecule has 0 spiro atoms. The number of aldehydes is 1. The van der Waals surface area contributed by atoms with Crippen molar-refractivity contribution in [1.29, 1.82) is 5.26 Å². The zero-order valence-corrected chi connectivity index (χ0v) is 16.9. The number of rotatable bonds is 3. The number of aliphatic imine (C=N–C) groups is 1. The second-order valence-corrected chi connectivity index (χ2v) is 7.68. The summed E-state index contributed by atoms with van der Waals surface area (Å²) in [5.41, 5.74) is 7.41. The molecule has 1 saturated heterocycles. The number of ether oxygens (including phenoxy) is 2. The lowest BCUT2D eigenvalue weighted by Gasteiger charge is -2.45. The Labute approximate surface area is 174 Å². The number of benzene rings is 1. The number of hydrogen-bond donors (Lipinski definition) is 1. The topological polar surface area (TPSA) is 114 Å². The number of carbonyl (C=O) groups excluding carboxylic acids is 1. The fourth-order valence-corrected chi connectivity index (χ4v) is 3.96. The minimum absolute atomic E-state index is 0.224. The third kappa shape index (κ3) is 3.27. The van der Waals surface area contributed by atoms with Crippen molar-refractivity contribution in [2.24, 2.45) is 10.7 Å². The SMILES string of the molecule is CN(C)C(N)=NC1(C=O)c2cc(-c3cncc(C#N)c3)ccc2OC2CCCOC21. The number of nitriles is 1. The van der Waals surface area contributed by atoms with Gasteiger partial charge in [-0.3, -0.25) is 4.98 Å². The van der Waals surface area contributed by atoms with Crippen LogP contribution in [0.15, 0.2) is 41.7 Å². The maximum atomic E-state index is 12.6. The van der Waals surface area contributed by atoms with Gasteiger partial charge in [0.15, 0.2) is 17.8 Å². The molecule has 1 aromatic carbocycles. The summed E-state index contributed by atoms with van der Waals surface area (Å²) in [5.74, 6) is 0.804. The van der Waals surface area contributed by atoms with Gasteiger partial charge >= 0.3 is 0 Å². The Morgan fingerprint density at radius 2 is 2.20 bits per heavy atom. The molecule has 0 aliphatic carbocycles. The van der Waals surface area contributed by atoms with E-state index in [4.69, 9.17) is 15.2 Å². The summed E-state index contributed by atoms with van der Waals surface area (Å²) in [6, 6.07) is 9.41. The molecule has 3 unspecified atom stereocenters. The van der Waals surface area contributed by atoms with Crippen molar-refractivity contribution in [3.05, 3.63) is 47.8 Å². The third-order valence-corrected chi connectivity index (χ3v) is 5.53. The number of fused-ring (bicyclic) bond motifs is 2. The molecule has 154 valence electrons. The van der Waals surface area contributed by atoms with E-state index in [1.165, 1.54) is 6.20 Å². The van der Waals surface area contributed by atoms with Gasteiger partial charge in [0.2, 0.25) is 0 Å². The number of pyridine rings is 1. The van der Waals surface area contributed by atoms with Crippen molar-refractivity contribution < 1.29 is 14.3 Å². The number of carbonyl (C=O) groups is 1. The van der Waals surface area contributed by atoms with E-state index >= 15 is 0 Å². The van der Waals surface area contributed by atoms with Gasteiger partial charge in [-0.2, -0.15) is 5.26 Å². The molecule has 0 amide bonds. The monoisotopic (exact) mass is 405 g/mol. The van der Waals surface area contributed by atoms with Gasteiger partial charge in [-0.25, -0.2) is 4.99 Å². The summed E-state index contributed by atoms with van der Waals surface area (Å²) < 4.78 is 12.2. The van der Waals surface area contributed by atoms with Crippen LogP contribution in [0.2, 0.25) is 0 Å². The summed E-state index contributed by atoms with van der Waals surface area (Å²) >= 11 is 0. The molecule has 8 heteroatoms. The molecule has 8 nitrogen and oxygen atoms in total. The van der Waals surface area contributed by atoms with Crippen molar-refractivity contribution in [3.63, 3.8) is 0 Å². The van der Waals surface area contributed by atoms with Crippen LogP contribution >= 0.6 is 0 Å². The van der Waals surface area contributed by atoms with Gasteiger partial charge in [0.1, 0.15) is 24.0 Å². The van der Waals surface area contributed by atoms with E-state index in [1.807, 2.05) is 18.2 Å². The lowest BCUT2D eigenvalue weighted by molar-refractivity contribution is -0.137. The second-order valence-electron chi connectivity index (χ2n) is 7.68. The molecule has 2 N–H and O–H groups in total. The van der Waals surface area contributed by atoms with Gasteiger partial charge in [-0.1, -0.05) is 6.07 Å². The standard InChI is InChI=1S/C22H23N5O3/c1-27(2)21(24)26-22(13-28)17-9-15(16-8-14(10-23)11-25-12-16)5-6-18(17)30-19-4-3-7-29-20(19)22/h5-6,8-9,11-13,19-20H,3-4,7H2,1-2H3,(H2,24,26). The molecular weight excluding hydrogens is 382 g/mol. The Morgan fingerprint density at radius 3 is 2.93 bits per heavy atom. The average molecular weight is 405 g/mol. The number of nitrogens with zero attached hydrogens (tertiary/aromatic N) is 4. The molecule has 0 bridgehead atoms. The summed E-state index contributed by atoms with van der Waals surface area (Å²) in [6.07, 6.45) is 4.74. The lowest BCUT2D eigenvalue weighted by atomic mass is 9.78. The Bertz CT molecular complexity index is 1050. The second kappa shape index (κ2) is 7.76. The van der Waals surface area contributed by atoms with E-state index in [0.29, 0.717) is 23.5 Å². The highest BCUT2D eigenvalue weighted by molar-refractivity contribution is 5.84. The number of hydrogen-bond acceptors (Lipinski definition) is 6. The largest absolute Gasteiger partial charge is 0.487 e. The lowest BCUT2D eigenvalue weighted by Crippen LogP contribution is -2.56. The van der Waals surface area contributed by atoms with Crippen molar-refractivity contribution in [3.8, 4) is 22.9 Å². The molecule has 0 saturated carbocycles.